The zero-order valence-electron chi connectivity index (χ0n) is 18.9. The maximum absolute atomic E-state index is 14.4. The van der Waals surface area contributed by atoms with Gasteiger partial charge in [-0.3, -0.25) is 4.79 Å². The normalized spacial score (nSPS) is 10.9. The molecule has 2 heterocycles. The number of carbonyl (C=O) groups is 1. The molecule has 0 saturated heterocycles. The van der Waals surface area contributed by atoms with Gasteiger partial charge >= 0.3 is 5.97 Å². The van der Waals surface area contributed by atoms with Gasteiger partial charge in [-0.1, -0.05) is 0 Å². The topological polar surface area (TPSA) is 89.7 Å². The van der Waals surface area contributed by atoms with Crippen LogP contribution in [0.2, 0.25) is 0 Å². The summed E-state index contributed by atoms with van der Waals surface area (Å²) < 4.78 is 27.1. The molecular weight excluding hydrogens is 439 g/mol. The summed E-state index contributed by atoms with van der Waals surface area (Å²) in [6, 6.07) is 14.7. The SMILES string of the molecule is COc1ccc(-c2ncc(F)c(N(C)CCCOc3ccc4c(ccn4CC(=O)O)c3)n2)cc1. The summed E-state index contributed by atoms with van der Waals surface area (Å²) in [4.78, 5) is 21.2. The molecule has 2 aromatic heterocycles. The average molecular weight is 464 g/mol. The minimum atomic E-state index is -0.891. The Hall–Kier alpha value is -4.14. The summed E-state index contributed by atoms with van der Waals surface area (Å²) in [5, 5.41) is 9.90. The van der Waals surface area contributed by atoms with Crippen molar-refractivity contribution >= 4 is 22.7 Å². The minimum Gasteiger partial charge on any atom is -0.497 e. The molecule has 34 heavy (non-hydrogen) atoms. The molecule has 0 radical (unpaired) electrons. The van der Waals surface area contributed by atoms with Gasteiger partial charge in [-0.05, 0) is 55.0 Å². The molecule has 9 heteroatoms. The number of rotatable bonds is 10. The van der Waals surface area contributed by atoms with E-state index >= 15 is 0 Å². The van der Waals surface area contributed by atoms with Crippen LogP contribution in [0.4, 0.5) is 10.2 Å². The Kier molecular flexibility index (Phi) is 6.91. The molecule has 1 N–H and O–H groups in total. The number of aromatic nitrogens is 3. The summed E-state index contributed by atoms with van der Waals surface area (Å²) >= 11 is 0. The van der Waals surface area contributed by atoms with Crippen molar-refractivity contribution in [2.24, 2.45) is 0 Å². The highest BCUT2D eigenvalue weighted by atomic mass is 19.1. The van der Waals surface area contributed by atoms with Crippen molar-refractivity contribution < 1.29 is 23.8 Å². The van der Waals surface area contributed by atoms with Crippen molar-refractivity contribution in [3.8, 4) is 22.9 Å². The summed E-state index contributed by atoms with van der Waals surface area (Å²) in [6.07, 6.45) is 3.57. The quantitative estimate of drug-likeness (QED) is 0.351. The van der Waals surface area contributed by atoms with E-state index in [4.69, 9.17) is 14.6 Å². The highest BCUT2D eigenvalue weighted by Gasteiger charge is 2.13. The number of anilines is 1. The Bertz CT molecular complexity index is 1290. The average Bonchev–Trinajstić information content (AvgIpc) is 3.23. The van der Waals surface area contributed by atoms with Gasteiger partial charge in [0.15, 0.2) is 17.5 Å². The molecule has 0 saturated carbocycles. The van der Waals surface area contributed by atoms with Gasteiger partial charge in [0.1, 0.15) is 18.0 Å². The van der Waals surface area contributed by atoms with Crippen LogP contribution < -0.4 is 14.4 Å². The number of ether oxygens (including phenoxy) is 2. The molecule has 2 aromatic carbocycles. The smallest absolute Gasteiger partial charge is 0.323 e. The van der Waals surface area contributed by atoms with Crippen LogP contribution >= 0.6 is 0 Å². The fraction of sp³-hybridized carbons (Fsp3) is 0.240. The number of benzene rings is 2. The number of halogens is 1. The Morgan fingerprint density at radius 3 is 2.65 bits per heavy atom. The Morgan fingerprint density at radius 2 is 1.91 bits per heavy atom. The van der Waals surface area contributed by atoms with E-state index < -0.39 is 11.8 Å². The zero-order valence-corrected chi connectivity index (χ0v) is 18.9. The van der Waals surface area contributed by atoms with Gasteiger partial charge in [0.05, 0.1) is 19.9 Å². The highest BCUT2D eigenvalue weighted by Crippen LogP contribution is 2.24. The van der Waals surface area contributed by atoms with Crippen molar-refractivity contribution in [1.29, 1.82) is 0 Å². The van der Waals surface area contributed by atoms with Crippen molar-refractivity contribution in [2.45, 2.75) is 13.0 Å². The monoisotopic (exact) mass is 464 g/mol. The van der Waals surface area contributed by atoms with E-state index in [1.165, 1.54) is 6.20 Å². The van der Waals surface area contributed by atoms with Crippen LogP contribution in [-0.4, -0.2) is 52.9 Å². The maximum atomic E-state index is 14.4. The summed E-state index contributed by atoms with van der Waals surface area (Å²) in [5.41, 5.74) is 1.60. The Balaban J connectivity index is 1.34. The lowest BCUT2D eigenvalue weighted by atomic mass is 10.2. The lowest BCUT2D eigenvalue weighted by Gasteiger charge is -2.19. The molecule has 0 aliphatic heterocycles. The molecule has 0 bridgehead atoms. The van der Waals surface area contributed by atoms with Crippen LogP contribution in [0.5, 0.6) is 11.5 Å². The van der Waals surface area contributed by atoms with E-state index in [9.17, 15) is 9.18 Å². The molecule has 0 spiro atoms. The number of fused-ring (bicyclic) bond motifs is 1. The molecule has 0 aliphatic rings. The van der Waals surface area contributed by atoms with E-state index in [2.05, 4.69) is 9.97 Å². The summed E-state index contributed by atoms with van der Waals surface area (Å²) in [5.74, 6) is 0.695. The first-order valence-electron chi connectivity index (χ1n) is 10.8. The van der Waals surface area contributed by atoms with Crippen LogP contribution in [0.25, 0.3) is 22.3 Å². The Morgan fingerprint density at radius 1 is 1.15 bits per heavy atom. The summed E-state index contributed by atoms with van der Waals surface area (Å²) in [6.45, 7) is 0.882. The molecule has 0 aliphatic carbocycles. The first-order chi connectivity index (χ1) is 16.4. The Labute approximate surface area is 196 Å². The third-order valence-corrected chi connectivity index (χ3v) is 5.39. The number of aliphatic carboxylic acids is 1. The van der Waals surface area contributed by atoms with Crippen LogP contribution in [0.3, 0.4) is 0 Å². The summed E-state index contributed by atoms with van der Waals surface area (Å²) in [7, 11) is 3.37. The first kappa shape index (κ1) is 23.0. The van der Waals surface area contributed by atoms with E-state index in [1.807, 2.05) is 36.4 Å². The lowest BCUT2D eigenvalue weighted by molar-refractivity contribution is -0.137. The second-order valence-corrected chi connectivity index (χ2v) is 7.78. The fourth-order valence-electron chi connectivity index (χ4n) is 3.65. The second-order valence-electron chi connectivity index (χ2n) is 7.78. The lowest BCUT2D eigenvalue weighted by Crippen LogP contribution is -2.23. The molecular formula is C25H25FN4O4. The molecule has 0 amide bonds. The van der Waals surface area contributed by atoms with E-state index in [-0.39, 0.29) is 12.4 Å². The maximum Gasteiger partial charge on any atom is 0.323 e. The number of carboxylic acids is 1. The number of nitrogens with zero attached hydrogens (tertiary/aromatic N) is 4. The molecule has 0 atom stereocenters. The molecule has 8 nitrogen and oxygen atoms in total. The standard InChI is InChI=1S/C25H25FN4O4/c1-29(25-21(26)15-27-24(28-25)17-4-6-19(33-2)7-5-17)11-3-13-34-20-8-9-22-18(14-20)10-12-30(22)16-23(31)32/h4-10,12,14-15H,3,11,13,16H2,1-2H3,(H,31,32). The highest BCUT2D eigenvalue weighted by molar-refractivity contribution is 5.83. The third kappa shape index (κ3) is 5.25. The first-order valence-corrected chi connectivity index (χ1v) is 10.8. The van der Waals surface area contributed by atoms with E-state index in [0.717, 1.165) is 22.2 Å². The van der Waals surface area contributed by atoms with Crippen LogP contribution in [0, 0.1) is 5.82 Å². The minimum absolute atomic E-state index is 0.0875. The predicted octanol–water partition coefficient (Wildman–Crippen LogP) is 4.24. The van der Waals surface area contributed by atoms with Crippen LogP contribution in [0.1, 0.15) is 6.42 Å². The van der Waals surface area contributed by atoms with Crippen LogP contribution in [-0.2, 0) is 11.3 Å². The van der Waals surface area contributed by atoms with Gasteiger partial charge in [-0.15, -0.1) is 0 Å². The van der Waals surface area contributed by atoms with E-state index in [1.54, 1.807) is 42.0 Å². The van der Waals surface area contributed by atoms with Crippen molar-refractivity contribution in [2.75, 3.05) is 32.2 Å². The van der Waals surface area contributed by atoms with Crippen molar-refractivity contribution in [3.63, 3.8) is 0 Å². The van der Waals surface area contributed by atoms with Gasteiger partial charge in [0.25, 0.3) is 0 Å². The van der Waals surface area contributed by atoms with Gasteiger partial charge in [-0.25, -0.2) is 14.4 Å². The van der Waals surface area contributed by atoms with Gasteiger partial charge in [0.2, 0.25) is 0 Å². The molecule has 0 unspecified atom stereocenters. The number of hydrogen-bond acceptors (Lipinski definition) is 6. The molecule has 4 aromatic rings. The van der Waals surface area contributed by atoms with E-state index in [0.29, 0.717) is 31.1 Å². The fourth-order valence-corrected chi connectivity index (χ4v) is 3.65. The van der Waals surface area contributed by atoms with Crippen LogP contribution in [0.15, 0.2) is 60.9 Å². The second kappa shape index (κ2) is 10.2. The van der Waals surface area contributed by atoms with Gasteiger partial charge in [-0.2, -0.15) is 0 Å². The van der Waals surface area contributed by atoms with Gasteiger partial charge < -0.3 is 24.0 Å². The molecule has 176 valence electrons. The zero-order chi connectivity index (χ0) is 24.1. The molecule has 4 rings (SSSR count). The third-order valence-electron chi connectivity index (χ3n) is 5.39. The van der Waals surface area contributed by atoms with Crippen molar-refractivity contribution in [3.05, 3.63) is 66.7 Å². The number of carboxylic acid groups (broad SMARTS) is 1. The van der Waals surface area contributed by atoms with Gasteiger partial charge in [0, 0.05) is 36.3 Å². The van der Waals surface area contributed by atoms with Crippen molar-refractivity contribution in [1.82, 2.24) is 14.5 Å². The largest absolute Gasteiger partial charge is 0.497 e. The number of methoxy groups -OCH3 is 1. The predicted molar refractivity (Wildman–Crippen MR) is 127 cm³/mol. The molecule has 0 fully saturated rings. The number of hydrogen-bond donors (Lipinski definition) is 1.